The maximum atomic E-state index is 11.4. The molecule has 0 amide bonds. The number of aryl methyl sites for hydroxylation is 2. The van der Waals surface area contributed by atoms with Crippen molar-refractivity contribution in [2.24, 2.45) is 24.8 Å². The van der Waals surface area contributed by atoms with Gasteiger partial charge in [-0.25, -0.2) is 9.67 Å². The molecule has 12 nitrogen and oxygen atoms in total. The van der Waals surface area contributed by atoms with E-state index in [-0.39, 0.29) is 12.0 Å². The van der Waals surface area contributed by atoms with E-state index in [1.807, 2.05) is 26.1 Å². The van der Waals surface area contributed by atoms with E-state index in [2.05, 4.69) is 25.5 Å². The average molecular weight is 522 g/mol. The number of nitrogens with zero attached hydrogens (tertiary/aromatic N) is 9. The van der Waals surface area contributed by atoms with Crippen LogP contribution in [-0.4, -0.2) is 70.5 Å². The van der Waals surface area contributed by atoms with Gasteiger partial charge >= 0.3 is 5.97 Å². The summed E-state index contributed by atoms with van der Waals surface area (Å²) in [5, 5.41) is 31.4. The SMILES string of the molecule is Cc1nc(-c2nnn(C)c2Cn2nnc(N(CC3CC3)CC3CC3)n2)ccc1O[C@H]1CCC[C@H](C(=O)O)C1. The van der Waals surface area contributed by atoms with Crippen LogP contribution >= 0.6 is 0 Å². The fourth-order valence-corrected chi connectivity index (χ4v) is 5.24. The third-order valence-corrected chi connectivity index (χ3v) is 7.86. The number of anilines is 1. The molecule has 0 aromatic carbocycles. The fraction of sp³-hybridized carbons (Fsp3) is 0.654. The Morgan fingerprint density at radius 1 is 1.08 bits per heavy atom. The molecule has 3 aliphatic rings. The van der Waals surface area contributed by atoms with Crippen molar-refractivity contribution in [3.8, 4) is 17.1 Å². The van der Waals surface area contributed by atoms with Gasteiger partial charge in [0, 0.05) is 20.1 Å². The highest BCUT2D eigenvalue weighted by atomic mass is 16.5. The second-order valence-corrected chi connectivity index (χ2v) is 11.1. The zero-order chi connectivity index (χ0) is 26.2. The third-order valence-electron chi connectivity index (χ3n) is 7.86. The van der Waals surface area contributed by atoms with Crippen LogP contribution in [-0.2, 0) is 18.4 Å². The number of aromatic nitrogens is 8. The predicted molar refractivity (Wildman–Crippen MR) is 138 cm³/mol. The molecule has 3 heterocycles. The number of aliphatic carboxylic acids is 1. The van der Waals surface area contributed by atoms with Gasteiger partial charge in [-0.05, 0) is 87.5 Å². The van der Waals surface area contributed by atoms with Crippen molar-refractivity contribution in [1.82, 2.24) is 40.2 Å². The molecule has 1 N–H and O–H groups in total. The summed E-state index contributed by atoms with van der Waals surface area (Å²) in [6, 6.07) is 3.76. The number of rotatable bonds is 11. The summed E-state index contributed by atoms with van der Waals surface area (Å²) < 4.78 is 7.90. The van der Waals surface area contributed by atoms with Gasteiger partial charge in [-0.15, -0.1) is 10.2 Å². The van der Waals surface area contributed by atoms with Crippen molar-refractivity contribution >= 4 is 11.9 Å². The summed E-state index contributed by atoms with van der Waals surface area (Å²) in [6.07, 6.45) is 7.99. The maximum Gasteiger partial charge on any atom is 0.306 e. The fourth-order valence-electron chi connectivity index (χ4n) is 5.24. The Kier molecular flexibility index (Phi) is 6.71. The molecule has 2 atom stereocenters. The molecule has 0 radical (unpaired) electrons. The molecule has 3 aromatic rings. The molecule has 0 saturated heterocycles. The third kappa shape index (κ3) is 5.63. The minimum Gasteiger partial charge on any atom is -0.489 e. The van der Waals surface area contributed by atoms with Crippen LogP contribution in [0.5, 0.6) is 5.75 Å². The number of hydrogen-bond acceptors (Lipinski definition) is 9. The predicted octanol–water partition coefficient (Wildman–Crippen LogP) is 2.87. The van der Waals surface area contributed by atoms with Gasteiger partial charge in [-0.3, -0.25) is 4.79 Å². The summed E-state index contributed by atoms with van der Waals surface area (Å²) >= 11 is 0. The number of carboxylic acids is 1. The molecule has 202 valence electrons. The number of carbonyl (C=O) groups is 1. The minimum atomic E-state index is -0.744. The largest absolute Gasteiger partial charge is 0.489 e. The van der Waals surface area contributed by atoms with Gasteiger partial charge in [0.2, 0.25) is 0 Å². The van der Waals surface area contributed by atoms with Gasteiger partial charge in [0.1, 0.15) is 18.0 Å². The van der Waals surface area contributed by atoms with Crippen LogP contribution in [0.25, 0.3) is 11.4 Å². The lowest BCUT2D eigenvalue weighted by Crippen LogP contribution is -2.29. The molecule has 3 saturated carbocycles. The van der Waals surface area contributed by atoms with Gasteiger partial charge in [0.25, 0.3) is 5.95 Å². The quantitative estimate of drug-likeness (QED) is 0.401. The first-order valence-corrected chi connectivity index (χ1v) is 13.7. The van der Waals surface area contributed by atoms with Crippen molar-refractivity contribution in [3.63, 3.8) is 0 Å². The lowest BCUT2D eigenvalue weighted by Gasteiger charge is -2.27. The van der Waals surface area contributed by atoms with Crippen molar-refractivity contribution in [3.05, 3.63) is 23.5 Å². The van der Waals surface area contributed by atoms with E-state index in [1.54, 1.807) is 9.48 Å². The lowest BCUT2D eigenvalue weighted by atomic mass is 9.87. The summed E-state index contributed by atoms with van der Waals surface area (Å²) in [5.74, 6) is 1.79. The molecule has 0 aliphatic heterocycles. The molecule has 3 aliphatic carbocycles. The average Bonchev–Trinajstić information content (AvgIpc) is 3.83. The molecule has 3 fully saturated rings. The van der Waals surface area contributed by atoms with Gasteiger partial charge in [0.15, 0.2) is 0 Å². The molecule has 6 rings (SSSR count). The van der Waals surface area contributed by atoms with Gasteiger partial charge in [-0.2, -0.15) is 4.80 Å². The lowest BCUT2D eigenvalue weighted by molar-refractivity contribution is -0.143. The monoisotopic (exact) mass is 521 g/mol. The smallest absolute Gasteiger partial charge is 0.306 e. The van der Waals surface area contributed by atoms with Crippen LogP contribution in [0.3, 0.4) is 0 Å². The summed E-state index contributed by atoms with van der Waals surface area (Å²) in [6.45, 7) is 4.29. The van der Waals surface area contributed by atoms with E-state index >= 15 is 0 Å². The van der Waals surface area contributed by atoms with Gasteiger partial charge < -0.3 is 14.7 Å². The molecule has 12 heteroatoms. The number of ether oxygens (including phenoxy) is 1. The topological polar surface area (TPSA) is 137 Å². The molecule has 0 spiro atoms. The first-order chi connectivity index (χ1) is 18.4. The second kappa shape index (κ2) is 10.3. The highest BCUT2D eigenvalue weighted by Crippen LogP contribution is 2.35. The molecule has 3 aromatic heterocycles. The van der Waals surface area contributed by atoms with Crippen molar-refractivity contribution in [2.75, 3.05) is 18.0 Å². The van der Waals surface area contributed by atoms with Crippen LogP contribution < -0.4 is 9.64 Å². The Balaban J connectivity index is 1.16. The Hall–Kier alpha value is -3.57. The Labute approximate surface area is 221 Å². The zero-order valence-electron chi connectivity index (χ0n) is 22.0. The van der Waals surface area contributed by atoms with E-state index in [1.165, 1.54) is 25.7 Å². The highest BCUT2D eigenvalue weighted by molar-refractivity contribution is 5.70. The van der Waals surface area contributed by atoms with Crippen molar-refractivity contribution in [1.29, 1.82) is 0 Å². The number of tetrazole rings is 1. The summed E-state index contributed by atoms with van der Waals surface area (Å²) in [7, 11) is 1.85. The zero-order valence-corrected chi connectivity index (χ0v) is 22.0. The number of pyridine rings is 1. The normalized spacial score (nSPS) is 21.4. The van der Waals surface area contributed by atoms with Crippen LogP contribution in [0.1, 0.15) is 62.8 Å². The Morgan fingerprint density at radius 3 is 2.53 bits per heavy atom. The van der Waals surface area contributed by atoms with Crippen LogP contribution in [0.2, 0.25) is 0 Å². The van der Waals surface area contributed by atoms with Crippen LogP contribution in [0.4, 0.5) is 5.95 Å². The maximum absolute atomic E-state index is 11.4. The van der Waals surface area contributed by atoms with E-state index in [0.29, 0.717) is 42.5 Å². The Bertz CT molecular complexity index is 1280. The van der Waals surface area contributed by atoms with E-state index in [9.17, 15) is 9.90 Å². The minimum absolute atomic E-state index is 0.116. The second-order valence-electron chi connectivity index (χ2n) is 11.1. The van der Waals surface area contributed by atoms with E-state index < -0.39 is 5.97 Å². The van der Waals surface area contributed by atoms with Crippen LogP contribution in [0.15, 0.2) is 12.1 Å². The summed E-state index contributed by atoms with van der Waals surface area (Å²) in [5.41, 5.74) is 2.92. The van der Waals surface area contributed by atoms with E-state index in [0.717, 1.165) is 49.2 Å². The van der Waals surface area contributed by atoms with Crippen molar-refractivity contribution in [2.45, 2.75) is 70.9 Å². The first-order valence-electron chi connectivity index (χ1n) is 13.7. The van der Waals surface area contributed by atoms with Gasteiger partial charge in [-0.1, -0.05) is 10.3 Å². The molecular formula is C26H35N9O3. The number of carboxylic acid groups (broad SMARTS) is 1. The first kappa shape index (κ1) is 24.7. The van der Waals surface area contributed by atoms with Crippen molar-refractivity contribution < 1.29 is 14.6 Å². The molecular weight excluding hydrogens is 486 g/mol. The summed E-state index contributed by atoms with van der Waals surface area (Å²) in [4.78, 5) is 20.1. The molecule has 0 unspecified atom stereocenters. The van der Waals surface area contributed by atoms with Gasteiger partial charge in [0.05, 0.1) is 29.1 Å². The number of hydrogen-bond donors (Lipinski definition) is 1. The highest BCUT2D eigenvalue weighted by Gasteiger charge is 2.31. The molecule has 38 heavy (non-hydrogen) atoms. The molecule has 0 bridgehead atoms. The van der Waals surface area contributed by atoms with Crippen LogP contribution in [0, 0.1) is 24.7 Å². The standard InChI is InChI=1S/C26H35N9O3/c1-16-23(38-20-5-3-4-19(12-20)25(36)37)11-10-21(27-16)24-22(33(2)31-28-24)15-35-30-26(29-32-35)34(13-17-6-7-17)14-18-8-9-18/h10-11,17-20H,3-9,12-15H2,1-2H3,(H,36,37)/t19-,20-/m0/s1. The Morgan fingerprint density at radius 2 is 1.84 bits per heavy atom. The van der Waals surface area contributed by atoms with E-state index in [4.69, 9.17) is 14.8 Å².